The number of para-hydroxylation sites is 1. The van der Waals surface area contributed by atoms with E-state index in [0.29, 0.717) is 22.2 Å². The quantitative estimate of drug-likeness (QED) is 0.703. The maximum atomic E-state index is 12.1. The van der Waals surface area contributed by atoms with Gasteiger partial charge >= 0.3 is 0 Å². The molecular formula is C20H26ClN5O2. The van der Waals surface area contributed by atoms with E-state index in [1.165, 1.54) is 0 Å². The van der Waals surface area contributed by atoms with E-state index in [2.05, 4.69) is 36.0 Å². The van der Waals surface area contributed by atoms with Crippen molar-refractivity contribution in [2.24, 2.45) is 5.92 Å². The van der Waals surface area contributed by atoms with Gasteiger partial charge in [0.25, 0.3) is 0 Å². The van der Waals surface area contributed by atoms with Gasteiger partial charge in [0.15, 0.2) is 11.5 Å². The number of ether oxygens (including phenoxy) is 1. The van der Waals surface area contributed by atoms with Crippen LogP contribution in [0.4, 0.5) is 0 Å². The van der Waals surface area contributed by atoms with Gasteiger partial charge in [0.1, 0.15) is 10.8 Å². The topological polar surface area (TPSA) is 75.5 Å². The molecule has 0 aliphatic carbocycles. The smallest absolute Gasteiger partial charge is 0.228 e. The summed E-state index contributed by atoms with van der Waals surface area (Å²) in [5, 5.41) is 8.32. The van der Waals surface area contributed by atoms with E-state index in [0.717, 1.165) is 11.3 Å². The van der Waals surface area contributed by atoms with Crippen LogP contribution in [0.5, 0.6) is 5.75 Å². The molecule has 3 rings (SSSR count). The van der Waals surface area contributed by atoms with Gasteiger partial charge < -0.3 is 9.64 Å². The van der Waals surface area contributed by atoms with E-state index < -0.39 is 0 Å². The predicted molar refractivity (Wildman–Crippen MR) is 110 cm³/mol. The monoisotopic (exact) mass is 403 g/mol. The number of hydrogen-bond acceptors (Lipinski definition) is 4. The standard InChI is InChI=1S/C20H26ClN5O2/c1-12(19(27)25(5)6)11-28-14-10-8-7-9-13(14)17-22-18-15(21)16(20(2,3)4)23-26(18)24-17/h7-10,12,23H,11H2,1-6H3. The first-order valence-electron chi connectivity index (χ1n) is 9.17. The third-order valence-electron chi connectivity index (χ3n) is 4.47. The van der Waals surface area contributed by atoms with Crippen LogP contribution in [0.3, 0.4) is 0 Å². The lowest BCUT2D eigenvalue weighted by molar-refractivity contribution is -0.133. The van der Waals surface area contributed by atoms with E-state index in [-0.39, 0.29) is 23.8 Å². The molecule has 1 unspecified atom stereocenters. The Morgan fingerprint density at radius 3 is 2.61 bits per heavy atom. The number of amides is 1. The van der Waals surface area contributed by atoms with Crippen LogP contribution < -0.4 is 4.74 Å². The number of benzene rings is 1. The molecule has 0 saturated heterocycles. The van der Waals surface area contributed by atoms with Crippen molar-refractivity contribution in [2.75, 3.05) is 20.7 Å². The van der Waals surface area contributed by atoms with Crippen LogP contribution in [0.1, 0.15) is 33.4 Å². The number of halogens is 1. The minimum Gasteiger partial charge on any atom is -0.492 e. The minimum absolute atomic E-state index is 0.0207. The van der Waals surface area contributed by atoms with Crippen molar-refractivity contribution in [1.82, 2.24) is 24.7 Å². The van der Waals surface area contributed by atoms with Crippen molar-refractivity contribution < 1.29 is 9.53 Å². The van der Waals surface area contributed by atoms with Crippen LogP contribution in [0, 0.1) is 5.92 Å². The summed E-state index contributed by atoms with van der Waals surface area (Å²) in [6.07, 6.45) is 0. The van der Waals surface area contributed by atoms with Gasteiger partial charge in [0.2, 0.25) is 5.91 Å². The number of hydrogen-bond donors (Lipinski definition) is 1. The maximum absolute atomic E-state index is 12.1. The Morgan fingerprint density at radius 1 is 1.32 bits per heavy atom. The average Bonchev–Trinajstić information content (AvgIpc) is 3.18. The number of carbonyl (C=O) groups excluding carboxylic acids is 1. The fraction of sp³-hybridized carbons (Fsp3) is 0.450. The first-order valence-corrected chi connectivity index (χ1v) is 9.55. The zero-order valence-electron chi connectivity index (χ0n) is 17.1. The number of nitrogens with one attached hydrogen (secondary N) is 1. The normalized spacial score (nSPS) is 13.0. The second-order valence-corrected chi connectivity index (χ2v) is 8.54. The Kier molecular flexibility index (Phi) is 5.39. The number of fused-ring (bicyclic) bond motifs is 1. The molecule has 3 aromatic rings. The Bertz CT molecular complexity index is 1000. The molecule has 0 radical (unpaired) electrons. The van der Waals surface area contributed by atoms with Crippen molar-refractivity contribution in [2.45, 2.75) is 33.1 Å². The number of rotatable bonds is 5. The molecule has 2 heterocycles. The van der Waals surface area contributed by atoms with Crippen molar-refractivity contribution >= 4 is 23.2 Å². The summed E-state index contributed by atoms with van der Waals surface area (Å²) < 4.78 is 7.52. The van der Waals surface area contributed by atoms with Crippen molar-refractivity contribution in [3.63, 3.8) is 0 Å². The second-order valence-electron chi connectivity index (χ2n) is 8.16. The Morgan fingerprint density at radius 2 is 2.00 bits per heavy atom. The summed E-state index contributed by atoms with van der Waals surface area (Å²) in [6, 6.07) is 7.51. The Balaban J connectivity index is 1.89. The van der Waals surface area contributed by atoms with Crippen LogP contribution in [0.25, 0.3) is 17.0 Å². The molecule has 1 atom stereocenters. The third kappa shape index (κ3) is 3.85. The van der Waals surface area contributed by atoms with Crippen molar-refractivity contribution in [1.29, 1.82) is 0 Å². The van der Waals surface area contributed by atoms with Gasteiger partial charge in [-0.05, 0) is 12.1 Å². The zero-order valence-corrected chi connectivity index (χ0v) is 17.8. The van der Waals surface area contributed by atoms with Gasteiger partial charge in [0.05, 0.1) is 23.8 Å². The van der Waals surface area contributed by atoms with E-state index in [1.54, 1.807) is 23.6 Å². The highest BCUT2D eigenvalue weighted by atomic mass is 35.5. The maximum Gasteiger partial charge on any atom is 0.228 e. The van der Waals surface area contributed by atoms with Crippen molar-refractivity contribution in [3.8, 4) is 17.1 Å². The molecule has 0 aliphatic heterocycles. The Hall–Kier alpha value is -2.54. The molecule has 150 valence electrons. The summed E-state index contributed by atoms with van der Waals surface area (Å²) in [5.74, 6) is 0.904. The lowest BCUT2D eigenvalue weighted by Crippen LogP contribution is -2.31. The molecule has 0 spiro atoms. The van der Waals surface area contributed by atoms with Gasteiger partial charge in [-0.25, -0.2) is 4.98 Å². The third-order valence-corrected chi connectivity index (χ3v) is 4.83. The highest BCUT2D eigenvalue weighted by Crippen LogP contribution is 2.33. The van der Waals surface area contributed by atoms with Gasteiger partial charge in [-0.2, -0.15) is 4.63 Å². The van der Waals surface area contributed by atoms with Crippen LogP contribution in [0.2, 0.25) is 5.02 Å². The number of H-pyrrole nitrogens is 1. The highest BCUT2D eigenvalue weighted by Gasteiger charge is 2.25. The van der Waals surface area contributed by atoms with Crippen LogP contribution in [0.15, 0.2) is 24.3 Å². The van der Waals surface area contributed by atoms with Crippen LogP contribution in [-0.2, 0) is 10.2 Å². The molecule has 0 bridgehead atoms. The van der Waals surface area contributed by atoms with Gasteiger partial charge in [-0.3, -0.25) is 9.89 Å². The number of aromatic nitrogens is 4. The largest absolute Gasteiger partial charge is 0.492 e. The minimum atomic E-state index is -0.253. The molecule has 2 aromatic heterocycles. The van der Waals surface area contributed by atoms with E-state index in [1.807, 2.05) is 31.2 Å². The molecule has 1 aromatic carbocycles. The van der Waals surface area contributed by atoms with Crippen molar-refractivity contribution in [3.05, 3.63) is 35.0 Å². The molecule has 7 nitrogen and oxygen atoms in total. The van der Waals surface area contributed by atoms with Gasteiger partial charge in [-0.15, -0.1) is 5.10 Å². The van der Waals surface area contributed by atoms with Gasteiger partial charge in [-0.1, -0.05) is 51.4 Å². The number of nitrogens with zero attached hydrogens (tertiary/aromatic N) is 4. The van der Waals surface area contributed by atoms with E-state index in [4.69, 9.17) is 16.3 Å². The molecule has 28 heavy (non-hydrogen) atoms. The molecular weight excluding hydrogens is 378 g/mol. The van der Waals surface area contributed by atoms with Crippen LogP contribution >= 0.6 is 11.6 Å². The molecule has 0 fully saturated rings. The first-order chi connectivity index (χ1) is 13.1. The van der Waals surface area contributed by atoms with E-state index >= 15 is 0 Å². The number of aromatic amines is 1. The zero-order chi connectivity index (χ0) is 20.6. The van der Waals surface area contributed by atoms with Gasteiger partial charge in [0, 0.05) is 19.5 Å². The van der Waals surface area contributed by atoms with Crippen LogP contribution in [-0.4, -0.2) is 51.3 Å². The molecule has 0 aliphatic rings. The second kappa shape index (κ2) is 7.47. The SMILES string of the molecule is CC(COc1ccccc1-c1nc2c(Cl)c(C(C)(C)C)[nH]n2n1)C(=O)N(C)C. The van der Waals surface area contributed by atoms with E-state index in [9.17, 15) is 4.79 Å². The first kappa shape index (κ1) is 20.2. The summed E-state index contributed by atoms with van der Waals surface area (Å²) in [5.41, 5.74) is 2.07. The Labute approximate surface area is 169 Å². The summed E-state index contributed by atoms with van der Waals surface area (Å²) in [4.78, 5) is 18.2. The summed E-state index contributed by atoms with van der Waals surface area (Å²) in [7, 11) is 3.47. The fourth-order valence-corrected chi connectivity index (χ4v) is 3.36. The summed E-state index contributed by atoms with van der Waals surface area (Å²) >= 11 is 6.52. The fourth-order valence-electron chi connectivity index (χ4n) is 2.91. The molecule has 1 N–H and O–H groups in total. The average molecular weight is 404 g/mol. The lowest BCUT2D eigenvalue weighted by Gasteiger charge is -2.18. The predicted octanol–water partition coefficient (Wildman–Crippen LogP) is 3.78. The molecule has 8 heteroatoms. The molecule has 0 saturated carbocycles. The lowest BCUT2D eigenvalue weighted by atomic mass is 9.92. The number of carbonyl (C=O) groups is 1. The highest BCUT2D eigenvalue weighted by molar-refractivity contribution is 6.34. The molecule has 1 amide bonds. The summed E-state index contributed by atoms with van der Waals surface area (Å²) in [6.45, 7) is 8.34.